The Bertz CT molecular complexity index is 677. The van der Waals surface area contributed by atoms with Crippen molar-refractivity contribution in [3.05, 3.63) is 65.2 Å². The van der Waals surface area contributed by atoms with E-state index >= 15 is 0 Å². The van der Waals surface area contributed by atoms with Crippen LogP contribution in [-0.4, -0.2) is 13.0 Å². The van der Waals surface area contributed by atoms with E-state index in [9.17, 15) is 4.79 Å². The summed E-state index contributed by atoms with van der Waals surface area (Å²) in [6, 6.07) is 16.0. The number of amides is 1. The lowest BCUT2D eigenvalue weighted by Gasteiger charge is -2.08. The predicted molar refractivity (Wildman–Crippen MR) is 76.4 cm³/mol. The molecule has 0 atom stereocenters. The zero-order valence-corrected chi connectivity index (χ0v) is 11.5. The molecule has 0 aliphatic carbocycles. The van der Waals surface area contributed by atoms with E-state index in [0.717, 1.165) is 5.56 Å². The Morgan fingerprint density at radius 2 is 2.05 bits per heavy atom. The lowest BCUT2D eigenvalue weighted by molar-refractivity contribution is 0.0537. The number of nitrogens with zero attached hydrogens (tertiary/aromatic N) is 1. The number of benzene rings is 2. The highest BCUT2D eigenvalue weighted by molar-refractivity contribution is 5.93. The summed E-state index contributed by atoms with van der Waals surface area (Å²) >= 11 is 0. The second-order valence-corrected chi connectivity index (χ2v) is 4.26. The van der Waals surface area contributed by atoms with Gasteiger partial charge >= 0.3 is 0 Å². The molecule has 0 aromatic heterocycles. The summed E-state index contributed by atoms with van der Waals surface area (Å²) in [6.07, 6.45) is 0. The van der Waals surface area contributed by atoms with Gasteiger partial charge in [-0.15, -0.1) is 0 Å². The van der Waals surface area contributed by atoms with Crippen molar-refractivity contribution < 1.29 is 14.4 Å². The van der Waals surface area contributed by atoms with Crippen molar-refractivity contribution in [3.8, 4) is 11.8 Å². The summed E-state index contributed by atoms with van der Waals surface area (Å²) in [5.41, 5.74) is 4.14. The largest absolute Gasteiger partial charge is 0.489 e. The molecule has 0 aliphatic heterocycles. The van der Waals surface area contributed by atoms with Gasteiger partial charge in [-0.2, -0.15) is 5.26 Å². The first-order chi connectivity index (χ1) is 10.2. The third kappa shape index (κ3) is 4.06. The minimum absolute atomic E-state index is 0.309. The van der Waals surface area contributed by atoms with E-state index in [2.05, 4.69) is 16.4 Å². The van der Waals surface area contributed by atoms with Gasteiger partial charge in [0.2, 0.25) is 0 Å². The maximum atomic E-state index is 11.6. The van der Waals surface area contributed by atoms with Gasteiger partial charge in [-0.05, 0) is 35.9 Å². The molecule has 5 nitrogen and oxygen atoms in total. The molecule has 5 heteroatoms. The average molecular weight is 282 g/mol. The highest BCUT2D eigenvalue weighted by Crippen LogP contribution is 2.15. The van der Waals surface area contributed by atoms with Gasteiger partial charge in [0.1, 0.15) is 12.4 Å². The van der Waals surface area contributed by atoms with Crippen LogP contribution in [0.1, 0.15) is 21.5 Å². The van der Waals surface area contributed by atoms with Gasteiger partial charge in [0, 0.05) is 5.56 Å². The lowest BCUT2D eigenvalue weighted by atomic mass is 10.1. The van der Waals surface area contributed by atoms with Gasteiger partial charge < -0.3 is 4.74 Å². The van der Waals surface area contributed by atoms with Crippen molar-refractivity contribution in [3.63, 3.8) is 0 Å². The quantitative estimate of drug-likeness (QED) is 0.855. The molecule has 0 unspecified atom stereocenters. The third-order valence-electron chi connectivity index (χ3n) is 2.75. The van der Waals surface area contributed by atoms with Crippen LogP contribution in [0.5, 0.6) is 5.75 Å². The van der Waals surface area contributed by atoms with Crippen LogP contribution in [0, 0.1) is 11.3 Å². The first-order valence-electron chi connectivity index (χ1n) is 6.28. The Morgan fingerprint density at radius 3 is 2.81 bits per heavy atom. The third-order valence-corrected chi connectivity index (χ3v) is 2.75. The molecular formula is C16H14N2O3. The maximum Gasteiger partial charge on any atom is 0.274 e. The Kier molecular flexibility index (Phi) is 4.91. The molecular weight excluding hydrogens is 268 g/mol. The smallest absolute Gasteiger partial charge is 0.274 e. The first kappa shape index (κ1) is 14.6. The summed E-state index contributed by atoms with van der Waals surface area (Å²) in [4.78, 5) is 16.2. The van der Waals surface area contributed by atoms with Crippen molar-refractivity contribution in [2.45, 2.75) is 6.61 Å². The van der Waals surface area contributed by atoms with Crippen LogP contribution in [0.2, 0.25) is 0 Å². The van der Waals surface area contributed by atoms with Crippen molar-refractivity contribution in [1.29, 1.82) is 5.26 Å². The molecule has 0 aliphatic rings. The highest BCUT2D eigenvalue weighted by Gasteiger charge is 2.06. The second-order valence-electron chi connectivity index (χ2n) is 4.26. The van der Waals surface area contributed by atoms with E-state index in [1.54, 1.807) is 42.5 Å². The predicted octanol–water partition coefficient (Wildman–Crippen LogP) is 2.43. The van der Waals surface area contributed by atoms with E-state index in [1.807, 2.05) is 6.07 Å². The molecule has 1 N–H and O–H groups in total. The van der Waals surface area contributed by atoms with Crippen LogP contribution in [0.15, 0.2) is 48.5 Å². The standard InChI is InChI=1S/C16H14N2O3/c1-20-18-16(19)14-6-2-5-13(8-14)11-21-15-7-3-4-12(9-15)10-17/h2-9H,11H2,1H3,(H,18,19). The van der Waals surface area contributed by atoms with E-state index in [-0.39, 0.29) is 5.91 Å². The molecule has 106 valence electrons. The minimum Gasteiger partial charge on any atom is -0.489 e. The van der Waals surface area contributed by atoms with E-state index in [0.29, 0.717) is 23.5 Å². The van der Waals surface area contributed by atoms with Crippen LogP contribution in [0.3, 0.4) is 0 Å². The SMILES string of the molecule is CONC(=O)c1cccc(COc2cccc(C#N)c2)c1. The summed E-state index contributed by atoms with van der Waals surface area (Å²) in [6.45, 7) is 0.309. The summed E-state index contributed by atoms with van der Waals surface area (Å²) in [5.74, 6) is 0.298. The summed E-state index contributed by atoms with van der Waals surface area (Å²) in [5, 5.41) is 8.83. The Labute approximate surface area is 122 Å². The molecule has 1 amide bonds. The van der Waals surface area contributed by atoms with Crippen LogP contribution in [0.25, 0.3) is 0 Å². The normalized spacial score (nSPS) is 9.71. The number of nitrogens with one attached hydrogen (secondary N) is 1. The summed E-state index contributed by atoms with van der Waals surface area (Å²) in [7, 11) is 1.38. The molecule has 0 fully saturated rings. The Morgan fingerprint density at radius 1 is 1.24 bits per heavy atom. The lowest BCUT2D eigenvalue weighted by Crippen LogP contribution is -2.21. The highest BCUT2D eigenvalue weighted by atomic mass is 16.6. The van der Waals surface area contributed by atoms with Gasteiger partial charge in [-0.1, -0.05) is 18.2 Å². The van der Waals surface area contributed by atoms with Crippen molar-refractivity contribution in [1.82, 2.24) is 5.48 Å². The van der Waals surface area contributed by atoms with Crippen LogP contribution in [-0.2, 0) is 11.4 Å². The van der Waals surface area contributed by atoms with Crippen molar-refractivity contribution >= 4 is 5.91 Å². The molecule has 0 saturated heterocycles. The molecule has 0 heterocycles. The number of carbonyl (C=O) groups is 1. The molecule has 0 bridgehead atoms. The van der Waals surface area contributed by atoms with Gasteiger partial charge in [0.05, 0.1) is 18.7 Å². The Hall–Kier alpha value is -2.84. The fourth-order valence-corrected chi connectivity index (χ4v) is 1.78. The molecule has 2 aromatic carbocycles. The van der Waals surface area contributed by atoms with Crippen LogP contribution in [0.4, 0.5) is 0 Å². The van der Waals surface area contributed by atoms with Gasteiger partial charge in [-0.3, -0.25) is 9.63 Å². The van der Waals surface area contributed by atoms with Crippen molar-refractivity contribution in [2.75, 3.05) is 7.11 Å². The maximum absolute atomic E-state index is 11.6. The number of hydrogen-bond donors (Lipinski definition) is 1. The first-order valence-corrected chi connectivity index (χ1v) is 6.28. The number of carbonyl (C=O) groups excluding carboxylic acids is 1. The summed E-state index contributed by atoms with van der Waals surface area (Å²) < 4.78 is 5.62. The number of hydroxylamine groups is 1. The van der Waals surface area contributed by atoms with Crippen molar-refractivity contribution in [2.24, 2.45) is 0 Å². The van der Waals surface area contributed by atoms with E-state index < -0.39 is 0 Å². The minimum atomic E-state index is -0.314. The van der Waals surface area contributed by atoms with Gasteiger partial charge in [-0.25, -0.2) is 5.48 Å². The van der Waals surface area contributed by atoms with Gasteiger partial charge in [0.25, 0.3) is 5.91 Å². The topological polar surface area (TPSA) is 71.3 Å². The second kappa shape index (κ2) is 7.08. The Balaban J connectivity index is 2.04. The number of ether oxygens (including phenoxy) is 1. The fraction of sp³-hybridized carbons (Fsp3) is 0.125. The zero-order chi connectivity index (χ0) is 15.1. The van der Waals surface area contributed by atoms with E-state index in [4.69, 9.17) is 10.00 Å². The number of rotatable bonds is 5. The average Bonchev–Trinajstić information content (AvgIpc) is 2.53. The monoisotopic (exact) mass is 282 g/mol. The molecule has 2 aromatic rings. The van der Waals surface area contributed by atoms with Crippen LogP contribution < -0.4 is 10.2 Å². The van der Waals surface area contributed by atoms with Gasteiger partial charge in [0.15, 0.2) is 0 Å². The molecule has 2 rings (SSSR count). The van der Waals surface area contributed by atoms with Crippen LogP contribution >= 0.6 is 0 Å². The molecule has 0 saturated carbocycles. The number of nitriles is 1. The molecule has 21 heavy (non-hydrogen) atoms. The number of hydrogen-bond acceptors (Lipinski definition) is 4. The zero-order valence-electron chi connectivity index (χ0n) is 11.5. The molecule has 0 radical (unpaired) electrons. The van der Waals surface area contributed by atoms with E-state index in [1.165, 1.54) is 7.11 Å². The fourth-order valence-electron chi connectivity index (χ4n) is 1.78. The molecule has 0 spiro atoms.